The molecule has 0 amide bonds. The molecule has 0 fully saturated rings. The van der Waals surface area contributed by atoms with E-state index in [0.717, 1.165) is 16.4 Å². The zero-order valence-electron chi connectivity index (χ0n) is 15.8. The second kappa shape index (κ2) is 8.48. The van der Waals surface area contributed by atoms with Crippen LogP contribution in [0, 0.1) is 11.6 Å². The van der Waals surface area contributed by atoms with Crippen molar-refractivity contribution in [3.05, 3.63) is 83.9 Å². The Bertz CT molecular complexity index is 1100. The van der Waals surface area contributed by atoms with E-state index < -0.39 is 21.7 Å². The summed E-state index contributed by atoms with van der Waals surface area (Å²) in [7, 11) is -1.13. The number of methoxy groups -OCH3 is 2. The number of ether oxygens (including phenoxy) is 2. The second-order valence-electron chi connectivity index (χ2n) is 6.12. The Morgan fingerprint density at radius 3 is 2.17 bits per heavy atom. The quantitative estimate of drug-likeness (QED) is 0.570. The first-order valence-electron chi connectivity index (χ1n) is 8.60. The number of nitrogens with zero attached hydrogens (tertiary/aromatic N) is 1. The van der Waals surface area contributed by atoms with Crippen LogP contribution < -0.4 is 13.8 Å². The van der Waals surface area contributed by atoms with Gasteiger partial charge in [-0.3, -0.25) is 4.31 Å². The molecule has 29 heavy (non-hydrogen) atoms. The third-order valence-electron chi connectivity index (χ3n) is 4.32. The van der Waals surface area contributed by atoms with Crippen LogP contribution in [0.2, 0.25) is 0 Å². The molecule has 0 aliphatic carbocycles. The fourth-order valence-electron chi connectivity index (χ4n) is 2.76. The first-order valence-corrected chi connectivity index (χ1v) is 10.0. The molecule has 0 saturated heterocycles. The van der Waals surface area contributed by atoms with E-state index in [1.807, 2.05) is 0 Å². The van der Waals surface area contributed by atoms with Gasteiger partial charge in [0.2, 0.25) is 0 Å². The summed E-state index contributed by atoms with van der Waals surface area (Å²) in [4.78, 5) is 0.00337. The first kappa shape index (κ1) is 20.6. The van der Waals surface area contributed by atoms with Gasteiger partial charge in [-0.05, 0) is 42.5 Å². The van der Waals surface area contributed by atoms with Crippen LogP contribution >= 0.6 is 0 Å². The molecule has 0 heterocycles. The molecule has 0 aliphatic heterocycles. The van der Waals surface area contributed by atoms with Gasteiger partial charge in [0.25, 0.3) is 10.0 Å². The molecule has 0 aliphatic rings. The molecular formula is C21H19F2NO4S. The van der Waals surface area contributed by atoms with Crippen molar-refractivity contribution in [3.63, 3.8) is 0 Å². The van der Waals surface area contributed by atoms with Crippen molar-refractivity contribution in [2.45, 2.75) is 11.4 Å². The van der Waals surface area contributed by atoms with Crippen molar-refractivity contribution in [2.75, 3.05) is 18.5 Å². The smallest absolute Gasteiger partial charge is 0.264 e. The van der Waals surface area contributed by atoms with Crippen molar-refractivity contribution in [1.82, 2.24) is 0 Å². The average molecular weight is 419 g/mol. The Morgan fingerprint density at radius 1 is 0.862 bits per heavy atom. The monoisotopic (exact) mass is 419 g/mol. The summed E-state index contributed by atoms with van der Waals surface area (Å²) in [5, 5.41) is 0. The highest BCUT2D eigenvalue weighted by Gasteiger charge is 2.26. The van der Waals surface area contributed by atoms with Gasteiger partial charge in [-0.2, -0.15) is 0 Å². The van der Waals surface area contributed by atoms with Crippen molar-refractivity contribution in [3.8, 4) is 11.5 Å². The van der Waals surface area contributed by atoms with Gasteiger partial charge < -0.3 is 9.47 Å². The number of halogens is 2. The van der Waals surface area contributed by atoms with Crippen LogP contribution in [0.4, 0.5) is 14.5 Å². The number of sulfonamides is 1. The lowest BCUT2D eigenvalue weighted by molar-refractivity contribution is 0.414. The highest BCUT2D eigenvalue weighted by Crippen LogP contribution is 2.30. The van der Waals surface area contributed by atoms with E-state index >= 15 is 0 Å². The lowest BCUT2D eigenvalue weighted by Gasteiger charge is -2.25. The van der Waals surface area contributed by atoms with Gasteiger partial charge in [0.05, 0.1) is 31.3 Å². The molecule has 152 valence electrons. The molecular weight excluding hydrogens is 400 g/mol. The molecule has 0 spiro atoms. The summed E-state index contributed by atoms with van der Waals surface area (Å²) < 4.78 is 65.6. The maximum atomic E-state index is 14.3. The lowest BCUT2D eigenvalue weighted by atomic mass is 10.2. The number of benzene rings is 3. The Morgan fingerprint density at radius 2 is 1.55 bits per heavy atom. The molecule has 3 aromatic carbocycles. The molecule has 0 saturated carbocycles. The minimum atomic E-state index is -4.07. The number of hydrogen-bond acceptors (Lipinski definition) is 4. The van der Waals surface area contributed by atoms with E-state index in [-0.39, 0.29) is 22.7 Å². The lowest BCUT2D eigenvalue weighted by Crippen LogP contribution is -2.31. The fourth-order valence-corrected chi connectivity index (χ4v) is 4.19. The maximum Gasteiger partial charge on any atom is 0.264 e. The average Bonchev–Trinajstić information content (AvgIpc) is 2.73. The molecule has 0 bridgehead atoms. The molecule has 0 aromatic heterocycles. The van der Waals surface area contributed by atoms with Crippen LogP contribution in [0.5, 0.6) is 11.5 Å². The van der Waals surface area contributed by atoms with Gasteiger partial charge in [0.1, 0.15) is 23.1 Å². The van der Waals surface area contributed by atoms with Crippen LogP contribution in [0.15, 0.2) is 71.6 Å². The van der Waals surface area contributed by atoms with E-state index in [4.69, 9.17) is 9.47 Å². The van der Waals surface area contributed by atoms with Crippen molar-refractivity contribution < 1.29 is 26.7 Å². The highest BCUT2D eigenvalue weighted by molar-refractivity contribution is 7.92. The van der Waals surface area contributed by atoms with E-state index in [0.29, 0.717) is 11.5 Å². The predicted octanol–water partition coefficient (Wildman–Crippen LogP) is 4.38. The Kier molecular flexibility index (Phi) is 6.03. The van der Waals surface area contributed by atoms with Crippen molar-refractivity contribution in [2.24, 2.45) is 0 Å². The Labute approximate surface area is 168 Å². The minimum Gasteiger partial charge on any atom is -0.497 e. The zero-order valence-corrected chi connectivity index (χ0v) is 16.6. The Hall–Kier alpha value is -3.13. The van der Waals surface area contributed by atoms with Crippen LogP contribution in [-0.2, 0) is 16.6 Å². The number of anilines is 1. The standard InChI is InChI=1S/C21H19F2NO4S/c1-27-18-8-10-20(11-9-18)29(25,26)24(17-4-3-5-19(13-17)28-2)14-15-6-7-16(22)12-21(15)23/h3-13H,14H2,1-2H3. The molecule has 0 radical (unpaired) electrons. The van der Waals surface area contributed by atoms with Gasteiger partial charge in [0.15, 0.2) is 0 Å². The molecule has 0 atom stereocenters. The van der Waals surface area contributed by atoms with Gasteiger partial charge in [0, 0.05) is 17.7 Å². The maximum absolute atomic E-state index is 14.3. The number of hydrogen-bond donors (Lipinski definition) is 0. The van der Waals surface area contributed by atoms with E-state index in [9.17, 15) is 17.2 Å². The summed E-state index contributed by atoms with van der Waals surface area (Å²) in [5.41, 5.74) is 0.315. The van der Waals surface area contributed by atoms with Crippen LogP contribution in [-0.4, -0.2) is 22.6 Å². The fraction of sp³-hybridized carbons (Fsp3) is 0.143. The third kappa shape index (κ3) is 4.48. The van der Waals surface area contributed by atoms with Gasteiger partial charge in [-0.1, -0.05) is 12.1 Å². The SMILES string of the molecule is COc1ccc(S(=O)(=O)N(Cc2ccc(F)cc2F)c2cccc(OC)c2)cc1. The molecule has 0 unspecified atom stereocenters. The first-order chi connectivity index (χ1) is 13.8. The van der Waals surface area contributed by atoms with Crippen LogP contribution in [0.3, 0.4) is 0 Å². The second-order valence-corrected chi connectivity index (χ2v) is 7.99. The van der Waals surface area contributed by atoms with Crippen LogP contribution in [0.25, 0.3) is 0 Å². The van der Waals surface area contributed by atoms with Crippen molar-refractivity contribution >= 4 is 15.7 Å². The minimum absolute atomic E-state index is 0.00337. The predicted molar refractivity (Wildman–Crippen MR) is 106 cm³/mol. The van der Waals surface area contributed by atoms with Gasteiger partial charge in [-0.15, -0.1) is 0 Å². The largest absolute Gasteiger partial charge is 0.497 e. The summed E-state index contributed by atoms with van der Waals surface area (Å²) in [6.07, 6.45) is 0. The highest BCUT2D eigenvalue weighted by atomic mass is 32.2. The van der Waals surface area contributed by atoms with Crippen LogP contribution in [0.1, 0.15) is 5.56 Å². The Balaban J connectivity index is 2.10. The zero-order chi connectivity index (χ0) is 21.0. The van der Waals surface area contributed by atoms with Gasteiger partial charge in [-0.25, -0.2) is 17.2 Å². The molecule has 3 aromatic rings. The summed E-state index contributed by atoms with van der Waals surface area (Å²) in [6.45, 7) is -0.326. The topological polar surface area (TPSA) is 55.8 Å². The summed E-state index contributed by atoms with van der Waals surface area (Å²) >= 11 is 0. The summed E-state index contributed by atoms with van der Waals surface area (Å²) in [6, 6.07) is 15.3. The molecule has 5 nitrogen and oxygen atoms in total. The van der Waals surface area contributed by atoms with Gasteiger partial charge >= 0.3 is 0 Å². The van der Waals surface area contributed by atoms with E-state index in [1.165, 1.54) is 50.6 Å². The molecule has 8 heteroatoms. The van der Waals surface area contributed by atoms with E-state index in [2.05, 4.69) is 0 Å². The third-order valence-corrected chi connectivity index (χ3v) is 6.11. The summed E-state index contributed by atoms with van der Waals surface area (Å²) in [5.74, 6) is -0.626. The van der Waals surface area contributed by atoms with Crippen molar-refractivity contribution in [1.29, 1.82) is 0 Å². The molecule has 0 N–H and O–H groups in total. The molecule has 3 rings (SSSR count). The number of rotatable bonds is 7. The normalized spacial score (nSPS) is 11.2. The van der Waals surface area contributed by atoms with E-state index in [1.54, 1.807) is 18.2 Å².